The summed E-state index contributed by atoms with van der Waals surface area (Å²) >= 11 is 0. The number of morpholine rings is 1. The number of halogens is 8. The summed E-state index contributed by atoms with van der Waals surface area (Å²) in [6.45, 7) is 2.70. The van der Waals surface area contributed by atoms with E-state index in [0.29, 0.717) is 38.7 Å². The van der Waals surface area contributed by atoms with Crippen molar-refractivity contribution in [3.63, 3.8) is 0 Å². The largest absolute Gasteiger partial charge is 0.462 e. The Balaban J connectivity index is 1.33. The number of hydrogen-bond acceptors (Lipinski definition) is 10. The van der Waals surface area contributed by atoms with Crippen LogP contribution in [0.15, 0.2) is 6.07 Å². The van der Waals surface area contributed by atoms with Gasteiger partial charge in [0.15, 0.2) is 5.82 Å². The van der Waals surface area contributed by atoms with Gasteiger partial charge in [-0.25, -0.2) is 13.8 Å². The Morgan fingerprint density at radius 3 is 2.59 bits per heavy atom. The van der Waals surface area contributed by atoms with E-state index >= 15 is 4.39 Å². The Morgan fingerprint density at radius 2 is 1.84 bits per heavy atom. The van der Waals surface area contributed by atoms with Crippen LogP contribution in [0.3, 0.4) is 0 Å². The number of alkyl halides is 6. The van der Waals surface area contributed by atoms with E-state index in [0.717, 1.165) is 19.8 Å². The summed E-state index contributed by atoms with van der Waals surface area (Å²) in [6, 6.07) is -1.99. The predicted octanol–water partition coefficient (Wildman–Crippen LogP) is 4.75. The van der Waals surface area contributed by atoms with Gasteiger partial charge in [0, 0.05) is 42.8 Å². The lowest BCUT2D eigenvalue weighted by Crippen LogP contribution is -2.66. The number of piperazine rings is 1. The number of nitrogens with one attached hydrogen (secondary N) is 1. The van der Waals surface area contributed by atoms with E-state index < -0.39 is 81.6 Å². The van der Waals surface area contributed by atoms with Gasteiger partial charge < -0.3 is 30.2 Å². The average Bonchev–Trinajstić information content (AvgIpc) is 3.60. The Morgan fingerprint density at radius 1 is 1.04 bits per heavy atom. The Bertz CT molecular complexity index is 1830. The van der Waals surface area contributed by atoms with Gasteiger partial charge in [-0.3, -0.25) is 4.90 Å². The molecule has 0 spiro atoms. The highest BCUT2D eigenvalue weighted by molar-refractivity contribution is 5.97. The maximum atomic E-state index is 16.8. The topological polar surface area (TPSA) is 111 Å². The summed E-state index contributed by atoms with van der Waals surface area (Å²) in [5.74, 6) is -3.75. The number of pyridine rings is 1. The van der Waals surface area contributed by atoms with E-state index in [1.54, 1.807) is 0 Å². The minimum atomic E-state index is -5.23. The highest BCUT2D eigenvalue weighted by atomic mass is 19.4. The molecule has 4 saturated heterocycles. The molecule has 0 saturated carbocycles. The van der Waals surface area contributed by atoms with Gasteiger partial charge in [0.1, 0.15) is 34.8 Å². The molecule has 2 aromatic heterocycles. The maximum absolute atomic E-state index is 16.8. The van der Waals surface area contributed by atoms with Crippen LogP contribution in [0.4, 0.5) is 46.6 Å². The fraction of sp³-hybridized carbons (Fsp3) is 0.581. The molecule has 2 bridgehead atoms. The molecule has 6 atom stereocenters. The van der Waals surface area contributed by atoms with Crippen molar-refractivity contribution < 1.29 is 49.3 Å². The summed E-state index contributed by atoms with van der Waals surface area (Å²) < 4.78 is 136. The van der Waals surface area contributed by atoms with Crippen LogP contribution in [0.1, 0.15) is 36.8 Å². The van der Waals surface area contributed by atoms with Gasteiger partial charge in [-0.2, -0.15) is 36.3 Å². The molecule has 49 heavy (non-hydrogen) atoms. The second-order valence-electron chi connectivity index (χ2n) is 13.2. The lowest BCUT2D eigenvalue weighted by Gasteiger charge is -2.43. The molecule has 10 nitrogen and oxygen atoms in total. The Kier molecular flexibility index (Phi) is 7.53. The molecule has 3 N–H and O–H groups in total. The molecular weight excluding hydrogens is 670 g/mol. The second kappa shape index (κ2) is 11.4. The van der Waals surface area contributed by atoms with Crippen LogP contribution >= 0.6 is 0 Å². The quantitative estimate of drug-likeness (QED) is 0.292. The Labute approximate surface area is 273 Å². The minimum absolute atomic E-state index is 0.0511. The van der Waals surface area contributed by atoms with Gasteiger partial charge in [-0.15, -0.1) is 0 Å². The molecule has 3 aromatic rings. The first-order valence-corrected chi connectivity index (χ1v) is 16.0. The predicted molar refractivity (Wildman–Crippen MR) is 158 cm³/mol. The van der Waals surface area contributed by atoms with Crippen LogP contribution in [-0.4, -0.2) is 95.3 Å². The zero-order valence-electron chi connectivity index (χ0n) is 26.0. The normalized spacial score (nSPS) is 28.3. The molecule has 8 rings (SSSR count). The summed E-state index contributed by atoms with van der Waals surface area (Å²) in [5, 5.41) is 2.84. The van der Waals surface area contributed by atoms with E-state index in [9.17, 15) is 30.7 Å². The lowest BCUT2D eigenvalue weighted by atomic mass is 9.96. The van der Waals surface area contributed by atoms with Crippen LogP contribution in [0.2, 0.25) is 0 Å². The van der Waals surface area contributed by atoms with E-state index in [1.807, 2.05) is 0 Å². The Hall–Kier alpha value is -3.77. The number of nitrogens with two attached hydrogens (primary N) is 1. The van der Waals surface area contributed by atoms with Crippen LogP contribution in [0, 0.1) is 18.6 Å². The molecule has 5 aliphatic heterocycles. The van der Waals surface area contributed by atoms with Crippen molar-refractivity contribution in [1.29, 1.82) is 0 Å². The van der Waals surface area contributed by atoms with Crippen molar-refractivity contribution in [2.75, 3.05) is 43.5 Å². The van der Waals surface area contributed by atoms with Crippen LogP contribution in [0.5, 0.6) is 11.9 Å². The van der Waals surface area contributed by atoms with Crippen LogP contribution in [0.25, 0.3) is 22.2 Å². The van der Waals surface area contributed by atoms with Crippen molar-refractivity contribution in [3.05, 3.63) is 28.8 Å². The summed E-state index contributed by atoms with van der Waals surface area (Å²) in [7, 11) is 0. The van der Waals surface area contributed by atoms with Gasteiger partial charge in [0.25, 0.3) is 0 Å². The van der Waals surface area contributed by atoms with Gasteiger partial charge in [0.2, 0.25) is 12.0 Å². The molecule has 4 fully saturated rings. The number of anilines is 2. The monoisotopic (exact) mass is 701 g/mol. The smallest absolute Gasteiger partial charge is 0.427 e. The standard InChI is InChI=1S/C31H31F8N7O3/c1-12-20(30(34,35)36)16(8-17(40)21(12)32)23-22(33)24-19-27(44-29(43-24)48-11-15-4-3-14-10-47-7-6-45(14)15)46-9-13-2-5-18(41-13)25(46)26(31(37,38)39)49-28(19)42-23/h8,13-15,18,25-26,41H,2-7,9-11,40H2,1H3/t13-,14+,15+,18+,25+,26-/m1/s1. The number of nitrogens with zero attached hydrogens (tertiary/aromatic N) is 5. The molecule has 5 aliphatic rings. The van der Waals surface area contributed by atoms with Crippen molar-refractivity contribution >= 4 is 22.4 Å². The third-order valence-corrected chi connectivity index (χ3v) is 10.4. The molecule has 264 valence electrons. The number of nitrogen functional groups attached to an aromatic ring is 1. The summed E-state index contributed by atoms with van der Waals surface area (Å²) in [5.41, 5.74) is -0.293. The highest BCUT2D eigenvalue weighted by Gasteiger charge is 2.57. The fourth-order valence-electron chi connectivity index (χ4n) is 8.20. The average molecular weight is 702 g/mol. The minimum Gasteiger partial charge on any atom is -0.462 e. The van der Waals surface area contributed by atoms with Crippen LogP contribution < -0.4 is 25.4 Å². The van der Waals surface area contributed by atoms with E-state index in [2.05, 4.69) is 25.2 Å². The first-order valence-electron chi connectivity index (χ1n) is 16.0. The maximum Gasteiger partial charge on any atom is 0.427 e. The number of fused-ring (bicyclic) bond motifs is 6. The number of rotatable bonds is 4. The molecular formula is C31H31F8N7O3. The van der Waals surface area contributed by atoms with E-state index in [4.69, 9.17) is 19.9 Å². The van der Waals surface area contributed by atoms with Gasteiger partial charge >= 0.3 is 18.4 Å². The molecule has 7 heterocycles. The van der Waals surface area contributed by atoms with E-state index in [-0.39, 0.29) is 48.5 Å². The lowest BCUT2D eigenvalue weighted by molar-refractivity contribution is -0.203. The van der Waals surface area contributed by atoms with Crippen molar-refractivity contribution in [3.8, 4) is 23.1 Å². The number of aromatic nitrogens is 3. The molecule has 0 radical (unpaired) electrons. The third kappa shape index (κ3) is 5.28. The molecule has 18 heteroatoms. The molecule has 1 aromatic carbocycles. The zero-order valence-corrected chi connectivity index (χ0v) is 26.0. The SMILES string of the molecule is Cc1c(F)c(N)cc(-c2nc3c4c(nc(OC[C@@H]5CC[C@H]6COCCN65)nc4c2F)N2C[C@H]4CC[C@H](N4)[C@H]2[C@H](C(F)(F)F)O3)c1C(F)(F)F. The molecule has 0 unspecified atom stereocenters. The first-order chi connectivity index (χ1) is 23.2. The van der Waals surface area contributed by atoms with Crippen molar-refractivity contribution in [2.24, 2.45) is 0 Å². The van der Waals surface area contributed by atoms with Gasteiger partial charge in [-0.05, 0) is 44.2 Å². The fourth-order valence-corrected chi connectivity index (χ4v) is 8.20. The molecule has 0 amide bonds. The third-order valence-electron chi connectivity index (χ3n) is 10.4. The van der Waals surface area contributed by atoms with E-state index in [1.165, 1.54) is 4.90 Å². The van der Waals surface area contributed by atoms with Crippen molar-refractivity contribution in [1.82, 2.24) is 25.2 Å². The van der Waals surface area contributed by atoms with Gasteiger partial charge in [0.05, 0.1) is 30.5 Å². The number of hydrogen-bond donors (Lipinski definition) is 2. The van der Waals surface area contributed by atoms with Gasteiger partial charge in [-0.1, -0.05) is 0 Å². The summed E-state index contributed by atoms with van der Waals surface area (Å²) in [4.78, 5) is 16.3. The number of ether oxygens (including phenoxy) is 3. The first kappa shape index (κ1) is 32.4. The second-order valence-corrected chi connectivity index (χ2v) is 13.2. The summed E-state index contributed by atoms with van der Waals surface area (Å²) in [6.07, 6.45) is -10.2. The number of benzene rings is 1. The zero-order chi connectivity index (χ0) is 34.6. The molecule has 0 aliphatic carbocycles. The van der Waals surface area contributed by atoms with Crippen LogP contribution in [-0.2, 0) is 10.9 Å². The highest BCUT2D eigenvalue weighted by Crippen LogP contribution is 2.49. The van der Waals surface area contributed by atoms with Crippen molar-refractivity contribution in [2.45, 2.75) is 81.3 Å².